The molecule has 1 fully saturated rings. The summed E-state index contributed by atoms with van der Waals surface area (Å²) in [5.74, 6) is 0.359. The van der Waals surface area contributed by atoms with Crippen molar-refractivity contribution < 1.29 is 9.84 Å². The van der Waals surface area contributed by atoms with Gasteiger partial charge in [-0.05, 0) is 13.0 Å². The van der Waals surface area contributed by atoms with Crippen LogP contribution in [0.2, 0.25) is 0 Å². The minimum atomic E-state index is 0.165. The van der Waals surface area contributed by atoms with Crippen LogP contribution in [0.15, 0.2) is 24.3 Å². The van der Waals surface area contributed by atoms with Crippen LogP contribution < -0.4 is 5.32 Å². The molecule has 1 heterocycles. The van der Waals surface area contributed by atoms with E-state index in [-0.39, 0.29) is 11.5 Å². The second-order valence-corrected chi connectivity index (χ2v) is 4.96. The minimum absolute atomic E-state index is 0.165. The van der Waals surface area contributed by atoms with Crippen molar-refractivity contribution in [1.82, 2.24) is 5.32 Å². The number of phenols is 1. The number of hydrogen-bond acceptors (Lipinski definition) is 3. The number of nitrogens with one attached hydrogen (secondary N) is 1. The first-order valence-electron chi connectivity index (χ1n) is 5.70. The van der Waals surface area contributed by atoms with Crippen LogP contribution in [0.3, 0.4) is 0 Å². The minimum Gasteiger partial charge on any atom is -0.508 e. The molecule has 0 saturated carbocycles. The number of phenolic OH excluding ortho intramolecular Hbond substituents is 1. The molecule has 1 unspecified atom stereocenters. The molecule has 1 atom stereocenters. The molecule has 2 rings (SSSR count). The van der Waals surface area contributed by atoms with Gasteiger partial charge in [0, 0.05) is 23.6 Å². The van der Waals surface area contributed by atoms with Gasteiger partial charge in [-0.25, -0.2) is 0 Å². The Morgan fingerprint density at radius 2 is 2.12 bits per heavy atom. The maximum absolute atomic E-state index is 9.72. The Morgan fingerprint density at radius 3 is 2.69 bits per heavy atom. The van der Waals surface area contributed by atoms with Gasteiger partial charge < -0.3 is 15.2 Å². The summed E-state index contributed by atoms with van der Waals surface area (Å²) in [5, 5.41) is 13.2. The van der Waals surface area contributed by atoms with E-state index < -0.39 is 0 Å². The van der Waals surface area contributed by atoms with Gasteiger partial charge in [0.05, 0.1) is 13.2 Å². The predicted octanol–water partition coefficient (Wildman–Crippen LogP) is 2.08. The van der Waals surface area contributed by atoms with Gasteiger partial charge in [-0.3, -0.25) is 0 Å². The van der Waals surface area contributed by atoms with E-state index in [1.165, 1.54) is 0 Å². The van der Waals surface area contributed by atoms with Crippen molar-refractivity contribution >= 4 is 0 Å². The Balaban J connectivity index is 1.93. The van der Waals surface area contributed by atoms with Gasteiger partial charge in [0.25, 0.3) is 0 Å². The van der Waals surface area contributed by atoms with Crippen LogP contribution in [0.5, 0.6) is 5.75 Å². The Kier molecular flexibility index (Phi) is 3.17. The van der Waals surface area contributed by atoms with Crippen LogP contribution in [0.4, 0.5) is 0 Å². The van der Waals surface area contributed by atoms with E-state index in [4.69, 9.17) is 4.74 Å². The normalized spacial score (nSPS) is 20.1. The van der Waals surface area contributed by atoms with Crippen LogP contribution in [0.25, 0.3) is 0 Å². The molecular weight excluding hydrogens is 202 g/mol. The van der Waals surface area contributed by atoms with E-state index in [0.29, 0.717) is 5.75 Å². The molecule has 16 heavy (non-hydrogen) atoms. The standard InChI is InChI=1S/C13H19NO2/c1-10(11-5-3-4-6-12(11)15)14-7-13(2)8-16-9-13/h3-6,10,14-15H,7-9H2,1-2H3. The third-order valence-electron chi connectivity index (χ3n) is 3.14. The fourth-order valence-corrected chi connectivity index (χ4v) is 1.92. The molecule has 1 aliphatic rings. The maximum atomic E-state index is 9.72. The number of rotatable bonds is 4. The smallest absolute Gasteiger partial charge is 0.120 e. The van der Waals surface area contributed by atoms with Gasteiger partial charge >= 0.3 is 0 Å². The number of ether oxygens (including phenoxy) is 1. The molecule has 1 saturated heterocycles. The molecule has 0 amide bonds. The Morgan fingerprint density at radius 1 is 1.44 bits per heavy atom. The lowest BCUT2D eigenvalue weighted by Crippen LogP contribution is -2.47. The van der Waals surface area contributed by atoms with Crippen LogP contribution in [0, 0.1) is 5.41 Å². The third kappa shape index (κ3) is 2.36. The van der Waals surface area contributed by atoms with Gasteiger partial charge in [0.15, 0.2) is 0 Å². The zero-order valence-corrected chi connectivity index (χ0v) is 9.86. The lowest BCUT2D eigenvalue weighted by Gasteiger charge is -2.39. The molecule has 1 aromatic carbocycles. The summed E-state index contributed by atoms with van der Waals surface area (Å²) in [6.45, 7) is 6.85. The highest BCUT2D eigenvalue weighted by Gasteiger charge is 2.33. The van der Waals surface area contributed by atoms with Gasteiger partial charge in [-0.15, -0.1) is 0 Å². The lowest BCUT2D eigenvalue weighted by molar-refractivity contribution is -0.0999. The number of para-hydroxylation sites is 1. The van der Waals surface area contributed by atoms with Crippen molar-refractivity contribution in [2.75, 3.05) is 19.8 Å². The van der Waals surface area contributed by atoms with Crippen LogP contribution in [0.1, 0.15) is 25.5 Å². The topological polar surface area (TPSA) is 41.5 Å². The van der Waals surface area contributed by atoms with E-state index in [2.05, 4.69) is 19.2 Å². The first-order valence-corrected chi connectivity index (χ1v) is 5.70. The van der Waals surface area contributed by atoms with E-state index in [1.54, 1.807) is 6.07 Å². The van der Waals surface area contributed by atoms with Crippen molar-refractivity contribution in [3.05, 3.63) is 29.8 Å². The third-order valence-corrected chi connectivity index (χ3v) is 3.14. The summed E-state index contributed by atoms with van der Waals surface area (Å²) in [6, 6.07) is 7.63. The SMILES string of the molecule is CC(NCC1(C)COC1)c1ccccc1O. The number of benzene rings is 1. The highest BCUT2D eigenvalue weighted by Crippen LogP contribution is 2.28. The molecule has 1 aliphatic heterocycles. The fourth-order valence-electron chi connectivity index (χ4n) is 1.92. The molecule has 1 aromatic rings. The Hall–Kier alpha value is -1.06. The number of aromatic hydroxyl groups is 1. The zero-order valence-electron chi connectivity index (χ0n) is 9.86. The van der Waals surface area contributed by atoms with Gasteiger partial charge in [-0.2, -0.15) is 0 Å². The molecule has 3 heteroatoms. The van der Waals surface area contributed by atoms with Crippen molar-refractivity contribution in [1.29, 1.82) is 0 Å². The molecular formula is C13H19NO2. The molecule has 0 aromatic heterocycles. The van der Waals surface area contributed by atoms with Crippen molar-refractivity contribution in [2.24, 2.45) is 5.41 Å². The Bertz CT molecular complexity index is 361. The quantitative estimate of drug-likeness (QED) is 0.818. The van der Waals surface area contributed by atoms with Crippen molar-refractivity contribution in [3.8, 4) is 5.75 Å². The fraction of sp³-hybridized carbons (Fsp3) is 0.538. The molecule has 0 spiro atoms. The lowest BCUT2D eigenvalue weighted by atomic mass is 9.88. The molecule has 0 bridgehead atoms. The summed E-state index contributed by atoms with van der Waals surface area (Å²) in [5.41, 5.74) is 1.21. The van der Waals surface area contributed by atoms with Gasteiger partial charge in [0.1, 0.15) is 5.75 Å². The van der Waals surface area contributed by atoms with E-state index in [1.807, 2.05) is 18.2 Å². The summed E-state index contributed by atoms with van der Waals surface area (Å²) in [4.78, 5) is 0. The van der Waals surface area contributed by atoms with Crippen LogP contribution >= 0.6 is 0 Å². The first kappa shape index (κ1) is 11.4. The molecule has 0 radical (unpaired) electrons. The van der Waals surface area contributed by atoms with Gasteiger partial charge in [-0.1, -0.05) is 25.1 Å². The molecule has 3 nitrogen and oxygen atoms in total. The van der Waals surface area contributed by atoms with Crippen molar-refractivity contribution in [3.63, 3.8) is 0 Å². The monoisotopic (exact) mass is 221 g/mol. The summed E-state index contributed by atoms with van der Waals surface area (Å²) in [6.07, 6.45) is 0. The molecule has 0 aliphatic carbocycles. The van der Waals surface area contributed by atoms with Crippen LogP contribution in [-0.4, -0.2) is 24.9 Å². The average Bonchev–Trinajstić information content (AvgIpc) is 2.24. The first-order chi connectivity index (χ1) is 7.61. The predicted molar refractivity (Wildman–Crippen MR) is 63.5 cm³/mol. The van der Waals surface area contributed by atoms with E-state index in [9.17, 15) is 5.11 Å². The summed E-state index contributed by atoms with van der Waals surface area (Å²) >= 11 is 0. The molecule has 2 N–H and O–H groups in total. The summed E-state index contributed by atoms with van der Waals surface area (Å²) < 4.78 is 5.21. The Labute approximate surface area is 96.4 Å². The second kappa shape index (κ2) is 4.44. The number of hydrogen-bond donors (Lipinski definition) is 2. The van der Waals surface area contributed by atoms with Crippen molar-refractivity contribution in [2.45, 2.75) is 19.9 Å². The molecule has 88 valence electrons. The maximum Gasteiger partial charge on any atom is 0.120 e. The van der Waals surface area contributed by atoms with Gasteiger partial charge in [0.2, 0.25) is 0 Å². The van der Waals surface area contributed by atoms with E-state index in [0.717, 1.165) is 25.3 Å². The largest absolute Gasteiger partial charge is 0.508 e. The highest BCUT2D eigenvalue weighted by molar-refractivity contribution is 5.34. The van der Waals surface area contributed by atoms with Crippen LogP contribution in [-0.2, 0) is 4.74 Å². The highest BCUT2D eigenvalue weighted by atomic mass is 16.5. The second-order valence-electron chi connectivity index (χ2n) is 4.96. The average molecular weight is 221 g/mol. The van der Waals surface area contributed by atoms with E-state index >= 15 is 0 Å². The zero-order chi connectivity index (χ0) is 11.6. The summed E-state index contributed by atoms with van der Waals surface area (Å²) in [7, 11) is 0.